The van der Waals surface area contributed by atoms with Crippen molar-refractivity contribution in [1.29, 1.82) is 0 Å². The number of aryl methyl sites for hydroxylation is 1. The van der Waals surface area contributed by atoms with E-state index in [0.29, 0.717) is 31.7 Å². The van der Waals surface area contributed by atoms with E-state index < -0.39 is 6.04 Å². The Labute approximate surface area is 191 Å². The van der Waals surface area contributed by atoms with E-state index in [0.717, 1.165) is 11.3 Å². The molecular formula is C26H36N2O4. The van der Waals surface area contributed by atoms with E-state index >= 15 is 0 Å². The lowest BCUT2D eigenvalue weighted by Gasteiger charge is -2.31. The van der Waals surface area contributed by atoms with Crippen molar-refractivity contribution in [2.24, 2.45) is 0 Å². The van der Waals surface area contributed by atoms with Crippen LogP contribution in [-0.4, -0.2) is 42.0 Å². The maximum atomic E-state index is 13.1. The molecule has 0 bridgehead atoms. The average Bonchev–Trinajstić information content (AvgIpc) is 2.74. The first kappa shape index (κ1) is 25.2. The molecule has 0 aliphatic rings. The molecule has 0 saturated carbocycles. The molecule has 6 heteroatoms. The second kappa shape index (κ2) is 11.6. The highest BCUT2D eigenvalue weighted by Crippen LogP contribution is 2.18. The number of amides is 2. The third-order valence-electron chi connectivity index (χ3n) is 4.98. The van der Waals surface area contributed by atoms with Gasteiger partial charge >= 0.3 is 0 Å². The molecule has 2 rings (SSSR count). The number of hydrogen-bond donors (Lipinski definition) is 1. The lowest BCUT2D eigenvalue weighted by molar-refractivity contribution is -0.141. The van der Waals surface area contributed by atoms with Gasteiger partial charge in [-0.2, -0.15) is 0 Å². The van der Waals surface area contributed by atoms with Gasteiger partial charge in [-0.15, -0.1) is 0 Å². The molecule has 0 saturated heterocycles. The molecule has 2 aromatic carbocycles. The van der Waals surface area contributed by atoms with Gasteiger partial charge in [-0.3, -0.25) is 9.59 Å². The Bertz CT molecular complexity index is 887. The molecule has 0 aliphatic carbocycles. The minimum absolute atomic E-state index is 0.0862. The van der Waals surface area contributed by atoms with Crippen molar-refractivity contribution in [2.45, 2.75) is 65.6 Å². The van der Waals surface area contributed by atoms with Crippen molar-refractivity contribution in [3.05, 3.63) is 59.7 Å². The van der Waals surface area contributed by atoms with Gasteiger partial charge in [0.2, 0.25) is 11.8 Å². The van der Waals surface area contributed by atoms with Crippen molar-refractivity contribution in [1.82, 2.24) is 10.2 Å². The molecular weight excluding hydrogens is 404 g/mol. The quantitative estimate of drug-likeness (QED) is 0.553. The first-order valence-electron chi connectivity index (χ1n) is 11.0. The third-order valence-corrected chi connectivity index (χ3v) is 4.98. The fourth-order valence-electron chi connectivity index (χ4n) is 3.22. The highest BCUT2D eigenvalue weighted by Gasteiger charge is 2.28. The summed E-state index contributed by atoms with van der Waals surface area (Å²) in [5, 5.41) is 2.97. The van der Waals surface area contributed by atoms with Gasteiger partial charge in [-0.25, -0.2) is 0 Å². The summed E-state index contributed by atoms with van der Waals surface area (Å²) < 4.78 is 11.0. The molecule has 0 spiro atoms. The van der Waals surface area contributed by atoms with E-state index in [2.05, 4.69) is 5.32 Å². The first-order valence-corrected chi connectivity index (χ1v) is 11.0. The maximum absolute atomic E-state index is 13.1. The van der Waals surface area contributed by atoms with E-state index in [1.165, 1.54) is 5.56 Å². The second-order valence-electron chi connectivity index (χ2n) is 9.05. The Morgan fingerprint density at radius 1 is 1.06 bits per heavy atom. The summed E-state index contributed by atoms with van der Waals surface area (Å²) in [6, 6.07) is 14.8. The van der Waals surface area contributed by atoms with E-state index in [4.69, 9.17) is 9.47 Å². The molecule has 6 nitrogen and oxygen atoms in total. The maximum Gasteiger partial charge on any atom is 0.242 e. The molecule has 2 aromatic rings. The molecule has 2 amide bonds. The summed E-state index contributed by atoms with van der Waals surface area (Å²) in [5.74, 6) is 1.24. The SMILES string of the molecule is COc1cccc(CN(C(=O)CCCOc2ccc(C)cc2)[C@H](C)C(=O)NC(C)(C)C)c1. The zero-order chi connectivity index (χ0) is 23.7. The van der Waals surface area contributed by atoms with Gasteiger partial charge in [0.05, 0.1) is 13.7 Å². The van der Waals surface area contributed by atoms with E-state index in [1.54, 1.807) is 18.9 Å². The summed E-state index contributed by atoms with van der Waals surface area (Å²) in [6.07, 6.45) is 0.859. The number of benzene rings is 2. The number of rotatable bonds is 10. The normalized spacial score (nSPS) is 12.1. The Morgan fingerprint density at radius 3 is 2.38 bits per heavy atom. The first-order chi connectivity index (χ1) is 15.1. The summed E-state index contributed by atoms with van der Waals surface area (Å²) in [4.78, 5) is 27.6. The van der Waals surface area contributed by atoms with Gasteiger partial charge < -0.3 is 19.7 Å². The van der Waals surface area contributed by atoms with Gasteiger partial charge in [0.25, 0.3) is 0 Å². The molecule has 1 N–H and O–H groups in total. The van der Waals surface area contributed by atoms with Crippen molar-refractivity contribution < 1.29 is 19.1 Å². The van der Waals surface area contributed by atoms with Crippen LogP contribution in [0, 0.1) is 6.92 Å². The van der Waals surface area contributed by atoms with Crippen LogP contribution in [0.5, 0.6) is 11.5 Å². The summed E-state index contributed by atoms with van der Waals surface area (Å²) in [6.45, 7) is 10.3. The van der Waals surface area contributed by atoms with Crippen molar-refractivity contribution in [3.63, 3.8) is 0 Å². The lowest BCUT2D eigenvalue weighted by Crippen LogP contribution is -2.52. The topological polar surface area (TPSA) is 67.9 Å². The van der Waals surface area contributed by atoms with Gasteiger partial charge in [0, 0.05) is 18.5 Å². The van der Waals surface area contributed by atoms with E-state index in [1.807, 2.05) is 76.2 Å². The Morgan fingerprint density at radius 2 is 1.75 bits per heavy atom. The van der Waals surface area contributed by atoms with Gasteiger partial charge in [-0.05, 0) is 70.9 Å². The minimum Gasteiger partial charge on any atom is -0.497 e. The summed E-state index contributed by atoms with van der Waals surface area (Å²) >= 11 is 0. The molecule has 1 atom stereocenters. The number of methoxy groups -OCH3 is 1. The van der Waals surface area contributed by atoms with Gasteiger partial charge in [-0.1, -0.05) is 29.8 Å². The predicted molar refractivity (Wildman–Crippen MR) is 127 cm³/mol. The number of nitrogens with one attached hydrogen (secondary N) is 1. The van der Waals surface area contributed by atoms with Crippen LogP contribution >= 0.6 is 0 Å². The Balaban J connectivity index is 2.05. The third kappa shape index (κ3) is 8.25. The van der Waals surface area contributed by atoms with Crippen LogP contribution in [-0.2, 0) is 16.1 Å². The Kier molecular flexibility index (Phi) is 9.12. The van der Waals surface area contributed by atoms with E-state index in [9.17, 15) is 9.59 Å². The fraction of sp³-hybridized carbons (Fsp3) is 0.462. The second-order valence-corrected chi connectivity index (χ2v) is 9.05. The summed E-state index contributed by atoms with van der Waals surface area (Å²) in [7, 11) is 1.61. The molecule has 0 heterocycles. The zero-order valence-corrected chi connectivity index (χ0v) is 20.1. The standard InChI is InChI=1S/C26H36N2O4/c1-19-12-14-22(15-13-19)32-16-8-11-24(29)28(20(2)25(30)27-26(3,4)5)18-21-9-7-10-23(17-21)31-6/h7,9-10,12-15,17,20H,8,11,16,18H2,1-6H3,(H,27,30)/t20-/m1/s1. The molecule has 174 valence electrons. The highest BCUT2D eigenvalue weighted by molar-refractivity contribution is 5.87. The van der Waals surface area contributed by atoms with Crippen LogP contribution in [0.2, 0.25) is 0 Å². The van der Waals surface area contributed by atoms with Crippen LogP contribution in [0.25, 0.3) is 0 Å². The number of ether oxygens (including phenoxy) is 2. The van der Waals surface area contributed by atoms with Gasteiger partial charge in [0.15, 0.2) is 0 Å². The highest BCUT2D eigenvalue weighted by atomic mass is 16.5. The van der Waals surface area contributed by atoms with Crippen LogP contribution in [0.1, 0.15) is 51.7 Å². The molecule has 0 aliphatic heterocycles. The van der Waals surface area contributed by atoms with Crippen LogP contribution in [0.4, 0.5) is 0 Å². The summed E-state index contributed by atoms with van der Waals surface area (Å²) in [5.41, 5.74) is 1.70. The zero-order valence-electron chi connectivity index (χ0n) is 20.1. The Hall–Kier alpha value is -3.02. The van der Waals surface area contributed by atoms with Crippen LogP contribution < -0.4 is 14.8 Å². The average molecular weight is 441 g/mol. The smallest absolute Gasteiger partial charge is 0.242 e. The fourth-order valence-corrected chi connectivity index (χ4v) is 3.22. The number of nitrogens with zero attached hydrogens (tertiary/aromatic N) is 1. The molecule has 0 radical (unpaired) electrons. The number of carbonyl (C=O) groups is 2. The molecule has 0 fully saturated rings. The monoisotopic (exact) mass is 440 g/mol. The van der Waals surface area contributed by atoms with E-state index in [-0.39, 0.29) is 17.4 Å². The predicted octanol–water partition coefficient (Wildman–Crippen LogP) is 4.49. The lowest BCUT2D eigenvalue weighted by atomic mass is 10.1. The van der Waals surface area contributed by atoms with Crippen LogP contribution in [0.3, 0.4) is 0 Å². The number of carbonyl (C=O) groups excluding carboxylic acids is 2. The van der Waals surface area contributed by atoms with Gasteiger partial charge in [0.1, 0.15) is 17.5 Å². The number of hydrogen-bond acceptors (Lipinski definition) is 4. The largest absolute Gasteiger partial charge is 0.497 e. The molecule has 0 unspecified atom stereocenters. The van der Waals surface area contributed by atoms with Crippen LogP contribution in [0.15, 0.2) is 48.5 Å². The van der Waals surface area contributed by atoms with Crippen molar-refractivity contribution in [2.75, 3.05) is 13.7 Å². The van der Waals surface area contributed by atoms with Crippen molar-refractivity contribution in [3.8, 4) is 11.5 Å². The molecule has 32 heavy (non-hydrogen) atoms. The minimum atomic E-state index is -0.606. The van der Waals surface area contributed by atoms with Crippen molar-refractivity contribution >= 4 is 11.8 Å². The molecule has 0 aromatic heterocycles.